The Kier molecular flexibility index (Phi) is 3.66. The Hall–Kier alpha value is -0.830. The molecule has 106 valence electrons. The second kappa shape index (κ2) is 5.28. The Morgan fingerprint density at radius 1 is 1.26 bits per heavy atom. The Labute approximate surface area is 116 Å². The van der Waals surface area contributed by atoms with E-state index in [9.17, 15) is 5.11 Å². The number of rotatable bonds is 3. The molecule has 1 N–H and O–H groups in total. The van der Waals surface area contributed by atoms with Gasteiger partial charge in [-0.3, -0.25) is 4.68 Å². The minimum atomic E-state index is -0.508. The number of aromatic nitrogens is 2. The molecule has 2 saturated carbocycles. The molecule has 3 nitrogen and oxygen atoms in total. The van der Waals surface area contributed by atoms with E-state index in [0.717, 1.165) is 31.4 Å². The van der Waals surface area contributed by atoms with Crippen LogP contribution < -0.4 is 0 Å². The Morgan fingerprint density at radius 2 is 2.05 bits per heavy atom. The van der Waals surface area contributed by atoms with Crippen molar-refractivity contribution in [1.29, 1.82) is 0 Å². The lowest BCUT2D eigenvalue weighted by Gasteiger charge is -2.27. The van der Waals surface area contributed by atoms with Crippen molar-refractivity contribution in [2.24, 2.45) is 5.92 Å². The molecule has 0 saturated heterocycles. The molecule has 2 aliphatic rings. The molecule has 0 spiro atoms. The maximum Gasteiger partial charge on any atom is 0.0729 e. The molecule has 1 aromatic rings. The molecule has 2 atom stereocenters. The summed E-state index contributed by atoms with van der Waals surface area (Å²) in [5.41, 5.74) is 0.563. The van der Waals surface area contributed by atoms with Gasteiger partial charge in [0.05, 0.1) is 17.3 Å². The van der Waals surface area contributed by atoms with Crippen LogP contribution in [0, 0.1) is 5.92 Å². The number of hydrogen-bond acceptors (Lipinski definition) is 2. The molecule has 2 aliphatic carbocycles. The van der Waals surface area contributed by atoms with Crippen molar-refractivity contribution in [3.05, 3.63) is 18.0 Å². The lowest BCUT2D eigenvalue weighted by Crippen LogP contribution is -2.34. The van der Waals surface area contributed by atoms with E-state index in [0.29, 0.717) is 12.0 Å². The molecule has 0 aromatic carbocycles. The van der Waals surface area contributed by atoms with Crippen molar-refractivity contribution in [1.82, 2.24) is 9.78 Å². The van der Waals surface area contributed by atoms with Crippen molar-refractivity contribution in [3.63, 3.8) is 0 Å². The highest BCUT2D eigenvalue weighted by Gasteiger charge is 2.38. The van der Waals surface area contributed by atoms with E-state index in [2.05, 4.69) is 23.9 Å². The normalized spacial score (nSPS) is 32.8. The van der Waals surface area contributed by atoms with Crippen LogP contribution in [0.4, 0.5) is 0 Å². The Morgan fingerprint density at radius 3 is 2.74 bits per heavy atom. The first kappa shape index (κ1) is 13.2. The van der Waals surface area contributed by atoms with Crippen LogP contribution in [0.5, 0.6) is 0 Å². The molecule has 19 heavy (non-hydrogen) atoms. The van der Waals surface area contributed by atoms with Crippen LogP contribution in [0.15, 0.2) is 12.3 Å². The largest absolute Gasteiger partial charge is 0.389 e. The molecular formula is C16H26N2O. The van der Waals surface area contributed by atoms with Crippen LogP contribution >= 0.6 is 0 Å². The van der Waals surface area contributed by atoms with Gasteiger partial charge in [-0.25, -0.2) is 0 Å². The van der Waals surface area contributed by atoms with Crippen molar-refractivity contribution in [2.45, 2.75) is 76.4 Å². The smallest absolute Gasteiger partial charge is 0.0729 e. The van der Waals surface area contributed by atoms with E-state index in [1.807, 2.05) is 0 Å². The minimum Gasteiger partial charge on any atom is -0.389 e. The summed E-state index contributed by atoms with van der Waals surface area (Å²) in [6.07, 6.45) is 12.7. The Balaban J connectivity index is 1.67. The second-order valence-corrected chi connectivity index (χ2v) is 6.65. The zero-order valence-electron chi connectivity index (χ0n) is 12.0. The van der Waals surface area contributed by atoms with Crippen LogP contribution in [0.2, 0.25) is 0 Å². The van der Waals surface area contributed by atoms with Crippen LogP contribution in [0.3, 0.4) is 0 Å². The molecule has 0 aliphatic heterocycles. The van der Waals surface area contributed by atoms with E-state index in [-0.39, 0.29) is 0 Å². The molecule has 3 rings (SSSR count). The molecule has 2 unspecified atom stereocenters. The molecule has 1 aromatic heterocycles. The number of hydrogen-bond donors (Lipinski definition) is 1. The summed E-state index contributed by atoms with van der Waals surface area (Å²) < 4.78 is 2.15. The van der Waals surface area contributed by atoms with Gasteiger partial charge in [0.2, 0.25) is 0 Å². The predicted octanol–water partition coefficient (Wildman–Crippen LogP) is 3.48. The summed E-state index contributed by atoms with van der Waals surface area (Å²) in [5, 5.41) is 15.4. The van der Waals surface area contributed by atoms with Gasteiger partial charge in [0.15, 0.2) is 0 Å². The lowest BCUT2D eigenvalue weighted by molar-refractivity contribution is 0.00854. The van der Waals surface area contributed by atoms with Crippen molar-refractivity contribution >= 4 is 0 Å². The van der Waals surface area contributed by atoms with Crippen LogP contribution in [-0.4, -0.2) is 20.5 Å². The fraction of sp³-hybridized carbons (Fsp3) is 0.812. The SMILES string of the molecule is CC1CCCC1(O)Cc1ccn(C2CCCCC2)n1. The van der Waals surface area contributed by atoms with Crippen LogP contribution in [0.1, 0.15) is 70.0 Å². The van der Waals surface area contributed by atoms with Crippen molar-refractivity contribution in [2.75, 3.05) is 0 Å². The van der Waals surface area contributed by atoms with Gasteiger partial charge in [0.1, 0.15) is 0 Å². The molecule has 3 heteroatoms. The minimum absolute atomic E-state index is 0.410. The average molecular weight is 262 g/mol. The molecule has 0 radical (unpaired) electrons. The Bertz CT molecular complexity index is 422. The standard InChI is InChI=1S/C16H26N2O/c1-13-6-5-10-16(13,19)12-14-9-11-18(17-14)15-7-3-2-4-8-15/h9,11,13,15,19H,2-8,10,12H2,1H3. The second-order valence-electron chi connectivity index (χ2n) is 6.65. The van der Waals surface area contributed by atoms with Gasteiger partial charge in [0.25, 0.3) is 0 Å². The quantitative estimate of drug-likeness (QED) is 0.905. The zero-order chi connectivity index (χ0) is 13.3. The van der Waals surface area contributed by atoms with E-state index in [4.69, 9.17) is 5.10 Å². The molecular weight excluding hydrogens is 236 g/mol. The van der Waals surface area contributed by atoms with Gasteiger partial charge < -0.3 is 5.11 Å². The number of aliphatic hydroxyl groups is 1. The highest BCUT2D eigenvalue weighted by molar-refractivity contribution is 5.07. The maximum atomic E-state index is 10.7. The number of nitrogens with zero attached hydrogens (tertiary/aromatic N) is 2. The summed E-state index contributed by atoms with van der Waals surface area (Å²) in [6.45, 7) is 2.17. The third-order valence-corrected chi connectivity index (χ3v) is 5.26. The average Bonchev–Trinajstić information content (AvgIpc) is 2.99. The third-order valence-electron chi connectivity index (χ3n) is 5.26. The lowest BCUT2D eigenvalue weighted by atomic mass is 9.88. The first-order valence-corrected chi connectivity index (χ1v) is 7.94. The summed E-state index contributed by atoms with van der Waals surface area (Å²) in [5.74, 6) is 0.410. The van der Waals surface area contributed by atoms with Gasteiger partial charge in [-0.2, -0.15) is 5.10 Å². The van der Waals surface area contributed by atoms with Gasteiger partial charge in [-0.1, -0.05) is 32.6 Å². The maximum absolute atomic E-state index is 10.7. The highest BCUT2D eigenvalue weighted by atomic mass is 16.3. The summed E-state index contributed by atoms with van der Waals surface area (Å²) in [6, 6.07) is 2.70. The van der Waals surface area contributed by atoms with Gasteiger partial charge in [-0.15, -0.1) is 0 Å². The van der Waals surface area contributed by atoms with E-state index in [1.165, 1.54) is 32.1 Å². The molecule has 2 fully saturated rings. The third kappa shape index (κ3) is 2.71. The van der Waals surface area contributed by atoms with E-state index in [1.54, 1.807) is 0 Å². The van der Waals surface area contributed by atoms with Gasteiger partial charge in [-0.05, 0) is 37.7 Å². The molecule has 0 amide bonds. The monoisotopic (exact) mass is 262 g/mol. The van der Waals surface area contributed by atoms with Crippen LogP contribution in [-0.2, 0) is 6.42 Å². The topological polar surface area (TPSA) is 38.0 Å². The fourth-order valence-electron chi connectivity index (χ4n) is 3.83. The van der Waals surface area contributed by atoms with Gasteiger partial charge in [0, 0.05) is 12.6 Å². The molecule has 0 bridgehead atoms. The predicted molar refractivity (Wildman–Crippen MR) is 76.0 cm³/mol. The summed E-state index contributed by atoms with van der Waals surface area (Å²) in [7, 11) is 0. The summed E-state index contributed by atoms with van der Waals surface area (Å²) in [4.78, 5) is 0. The zero-order valence-corrected chi connectivity index (χ0v) is 12.0. The van der Waals surface area contributed by atoms with Gasteiger partial charge >= 0.3 is 0 Å². The van der Waals surface area contributed by atoms with Crippen molar-refractivity contribution in [3.8, 4) is 0 Å². The fourth-order valence-corrected chi connectivity index (χ4v) is 3.83. The molecule has 1 heterocycles. The van der Waals surface area contributed by atoms with E-state index >= 15 is 0 Å². The highest BCUT2D eigenvalue weighted by Crippen LogP contribution is 2.37. The first-order valence-electron chi connectivity index (χ1n) is 7.94. The van der Waals surface area contributed by atoms with Crippen LogP contribution in [0.25, 0.3) is 0 Å². The van der Waals surface area contributed by atoms with E-state index < -0.39 is 5.60 Å². The van der Waals surface area contributed by atoms with Crippen molar-refractivity contribution < 1.29 is 5.11 Å². The summed E-state index contributed by atoms with van der Waals surface area (Å²) >= 11 is 0. The first-order chi connectivity index (χ1) is 9.17.